The van der Waals surface area contributed by atoms with Crippen molar-refractivity contribution >= 4 is 33.2 Å². The second kappa shape index (κ2) is 8.11. The van der Waals surface area contributed by atoms with Crippen molar-refractivity contribution in [2.75, 3.05) is 28.9 Å². The number of carbonyl (C=O) groups excluding carboxylic acids is 2. The van der Waals surface area contributed by atoms with Crippen molar-refractivity contribution in [3.63, 3.8) is 0 Å². The van der Waals surface area contributed by atoms with Crippen LogP contribution in [0.25, 0.3) is 0 Å². The highest BCUT2D eigenvalue weighted by Gasteiger charge is 2.23. The molecule has 0 aromatic heterocycles. The molecule has 1 aliphatic rings. The molecule has 3 N–H and O–H groups in total. The minimum Gasteiger partial charge on any atom is -0.368 e. The normalized spacial score (nSPS) is 17.3. The van der Waals surface area contributed by atoms with Crippen molar-refractivity contribution in [1.29, 1.82) is 0 Å². The van der Waals surface area contributed by atoms with Gasteiger partial charge in [0.15, 0.2) is 0 Å². The summed E-state index contributed by atoms with van der Waals surface area (Å²) in [5.41, 5.74) is 0.834. The van der Waals surface area contributed by atoms with E-state index in [1.807, 2.05) is 0 Å². The van der Waals surface area contributed by atoms with Gasteiger partial charge in [-0.15, -0.1) is 0 Å². The number of benzene rings is 1. The zero-order valence-electron chi connectivity index (χ0n) is 13.4. The van der Waals surface area contributed by atoms with E-state index in [1.165, 1.54) is 13.0 Å². The summed E-state index contributed by atoms with van der Waals surface area (Å²) in [5, 5.41) is 5.14. The Morgan fingerprint density at radius 3 is 2.71 bits per heavy atom. The van der Waals surface area contributed by atoms with E-state index < -0.39 is 16.1 Å². The summed E-state index contributed by atoms with van der Waals surface area (Å²) in [6.07, 6.45) is 1.02. The Morgan fingerprint density at radius 2 is 2.04 bits per heavy atom. The molecule has 1 unspecified atom stereocenters. The Hall–Kier alpha value is -2.13. The molecule has 0 saturated carbocycles. The first-order valence-corrected chi connectivity index (χ1v) is 9.28. The number of nitrogens with one attached hydrogen (secondary N) is 3. The summed E-state index contributed by atoms with van der Waals surface area (Å²) < 4.78 is 31.8. The number of amides is 2. The number of sulfonamides is 1. The van der Waals surface area contributed by atoms with E-state index in [-0.39, 0.29) is 24.1 Å². The van der Waals surface area contributed by atoms with E-state index in [0.29, 0.717) is 24.4 Å². The van der Waals surface area contributed by atoms with Gasteiger partial charge in [-0.2, -0.15) is 0 Å². The predicted octanol–water partition coefficient (Wildman–Crippen LogP) is 0.682. The van der Waals surface area contributed by atoms with Crippen LogP contribution in [0.4, 0.5) is 11.4 Å². The minimum atomic E-state index is -3.62. The average Bonchev–Trinajstić information content (AvgIpc) is 3.00. The van der Waals surface area contributed by atoms with Crippen molar-refractivity contribution in [3.05, 3.63) is 24.3 Å². The van der Waals surface area contributed by atoms with Crippen LogP contribution in [0.3, 0.4) is 0 Å². The van der Waals surface area contributed by atoms with Crippen molar-refractivity contribution in [2.45, 2.75) is 25.9 Å². The fourth-order valence-electron chi connectivity index (χ4n) is 2.30. The van der Waals surface area contributed by atoms with Gasteiger partial charge >= 0.3 is 0 Å². The third-order valence-electron chi connectivity index (χ3n) is 3.35. The van der Waals surface area contributed by atoms with Crippen LogP contribution >= 0.6 is 0 Å². The topological polar surface area (TPSA) is 114 Å². The van der Waals surface area contributed by atoms with Gasteiger partial charge in [-0.1, -0.05) is 6.07 Å². The molecule has 1 aromatic carbocycles. The summed E-state index contributed by atoms with van der Waals surface area (Å²) in [7, 11) is -3.62. The van der Waals surface area contributed by atoms with Gasteiger partial charge in [0.2, 0.25) is 21.8 Å². The predicted molar refractivity (Wildman–Crippen MR) is 90.1 cm³/mol. The second-order valence-corrected chi connectivity index (χ2v) is 7.32. The first-order chi connectivity index (χ1) is 11.4. The highest BCUT2D eigenvalue weighted by molar-refractivity contribution is 7.92. The molecule has 0 spiro atoms. The van der Waals surface area contributed by atoms with Crippen LogP contribution in [-0.4, -0.2) is 45.2 Å². The molecule has 2 rings (SSSR count). The summed E-state index contributed by atoms with van der Waals surface area (Å²) in [6.45, 7) is 1.93. The summed E-state index contributed by atoms with van der Waals surface area (Å²) >= 11 is 0. The fourth-order valence-corrected chi connectivity index (χ4v) is 3.26. The van der Waals surface area contributed by atoms with Crippen molar-refractivity contribution in [3.8, 4) is 0 Å². The third-order valence-corrected chi connectivity index (χ3v) is 4.64. The Bertz CT molecular complexity index is 699. The van der Waals surface area contributed by atoms with E-state index in [0.717, 1.165) is 6.42 Å². The Morgan fingerprint density at radius 1 is 1.29 bits per heavy atom. The van der Waals surface area contributed by atoms with E-state index in [1.54, 1.807) is 18.2 Å². The van der Waals surface area contributed by atoms with Crippen LogP contribution in [0, 0.1) is 0 Å². The molecule has 0 aliphatic carbocycles. The molecule has 1 atom stereocenters. The fraction of sp³-hybridized carbons (Fsp3) is 0.467. The summed E-state index contributed by atoms with van der Waals surface area (Å²) in [5.74, 6) is -0.780. The van der Waals surface area contributed by atoms with E-state index in [2.05, 4.69) is 15.4 Å². The van der Waals surface area contributed by atoms with Gasteiger partial charge in [0.05, 0.1) is 11.4 Å². The maximum atomic E-state index is 12.1. The molecule has 24 heavy (non-hydrogen) atoms. The first-order valence-electron chi connectivity index (χ1n) is 7.63. The molecule has 1 saturated heterocycles. The molecule has 2 amide bonds. The first kappa shape index (κ1) is 18.2. The molecule has 132 valence electrons. The lowest BCUT2D eigenvalue weighted by molar-refractivity contribution is -0.129. The van der Waals surface area contributed by atoms with Gasteiger partial charge in [-0.3, -0.25) is 14.3 Å². The van der Waals surface area contributed by atoms with Crippen molar-refractivity contribution < 1.29 is 22.7 Å². The highest BCUT2D eigenvalue weighted by atomic mass is 32.2. The summed E-state index contributed by atoms with van der Waals surface area (Å²) in [6, 6.07) is 6.38. The Labute approximate surface area is 141 Å². The maximum Gasteiger partial charge on any atom is 0.249 e. The number of rotatable bonds is 7. The van der Waals surface area contributed by atoms with E-state index in [4.69, 9.17) is 4.74 Å². The molecule has 1 aliphatic heterocycles. The monoisotopic (exact) mass is 355 g/mol. The van der Waals surface area contributed by atoms with Gasteiger partial charge in [-0.05, 0) is 31.0 Å². The number of anilines is 2. The zero-order chi connectivity index (χ0) is 17.6. The van der Waals surface area contributed by atoms with Crippen molar-refractivity contribution in [2.24, 2.45) is 0 Å². The van der Waals surface area contributed by atoms with Crippen LogP contribution < -0.4 is 15.4 Å². The lowest BCUT2D eigenvalue weighted by Crippen LogP contribution is -2.37. The molecule has 1 aromatic rings. The Balaban J connectivity index is 1.84. The molecule has 1 heterocycles. The third kappa shape index (κ3) is 5.82. The number of carbonyl (C=O) groups is 2. The second-order valence-electron chi connectivity index (χ2n) is 5.48. The van der Waals surface area contributed by atoms with Gasteiger partial charge in [0.1, 0.15) is 6.10 Å². The number of ether oxygens (including phenoxy) is 1. The quantitative estimate of drug-likeness (QED) is 0.666. The molecule has 1 fully saturated rings. The highest BCUT2D eigenvalue weighted by Crippen LogP contribution is 2.16. The van der Waals surface area contributed by atoms with Gasteiger partial charge in [0.25, 0.3) is 0 Å². The van der Waals surface area contributed by atoms with Crippen LogP contribution in [0.2, 0.25) is 0 Å². The molecule has 9 heteroatoms. The lowest BCUT2D eigenvalue weighted by atomic mass is 10.2. The standard InChI is InChI=1S/C15H21N3O5S/c1-11(19)17-12-4-2-5-13(10-12)18-24(21,22)9-7-16-15(20)14-6-3-8-23-14/h2,4-5,10,14,18H,3,6-9H2,1H3,(H,16,20)(H,17,19). The minimum absolute atomic E-state index is 0.000582. The van der Waals surface area contributed by atoms with Gasteiger partial charge in [0, 0.05) is 25.8 Å². The molecule has 0 radical (unpaired) electrons. The lowest BCUT2D eigenvalue weighted by Gasteiger charge is -2.12. The van der Waals surface area contributed by atoms with E-state index in [9.17, 15) is 18.0 Å². The van der Waals surface area contributed by atoms with Crippen LogP contribution in [0.15, 0.2) is 24.3 Å². The zero-order valence-corrected chi connectivity index (χ0v) is 14.2. The number of hydrogen-bond acceptors (Lipinski definition) is 5. The van der Waals surface area contributed by atoms with Gasteiger partial charge in [-0.25, -0.2) is 8.42 Å². The Kier molecular flexibility index (Phi) is 6.16. The van der Waals surface area contributed by atoms with Crippen molar-refractivity contribution in [1.82, 2.24) is 5.32 Å². The number of hydrogen-bond donors (Lipinski definition) is 3. The maximum absolute atomic E-state index is 12.1. The van der Waals surface area contributed by atoms with E-state index >= 15 is 0 Å². The average molecular weight is 355 g/mol. The molecule has 8 nitrogen and oxygen atoms in total. The summed E-state index contributed by atoms with van der Waals surface area (Å²) in [4.78, 5) is 22.8. The molecule has 0 bridgehead atoms. The van der Waals surface area contributed by atoms with Crippen LogP contribution in [0.1, 0.15) is 19.8 Å². The molecular weight excluding hydrogens is 334 g/mol. The van der Waals surface area contributed by atoms with Crippen LogP contribution in [0.5, 0.6) is 0 Å². The smallest absolute Gasteiger partial charge is 0.249 e. The largest absolute Gasteiger partial charge is 0.368 e. The van der Waals surface area contributed by atoms with Crippen LogP contribution in [-0.2, 0) is 24.3 Å². The SMILES string of the molecule is CC(=O)Nc1cccc(NS(=O)(=O)CCNC(=O)C2CCCO2)c1. The van der Waals surface area contributed by atoms with Gasteiger partial charge < -0.3 is 15.4 Å². The molecular formula is C15H21N3O5S.